The highest BCUT2D eigenvalue weighted by Gasteiger charge is 1.95. The summed E-state index contributed by atoms with van der Waals surface area (Å²) in [5.74, 6) is 0. The molecule has 0 heterocycles. The molecule has 0 saturated carbocycles. The molecule has 3 aromatic rings. The molecule has 0 nitrogen and oxygen atoms in total. The second-order valence-electron chi connectivity index (χ2n) is 5.25. The van der Waals surface area contributed by atoms with Crippen LogP contribution in [0.3, 0.4) is 0 Å². The number of hydrogen-bond donors (Lipinski definition) is 0. The van der Waals surface area contributed by atoms with Gasteiger partial charge in [0.15, 0.2) is 0 Å². The third-order valence-electron chi connectivity index (χ3n) is 3.00. The summed E-state index contributed by atoms with van der Waals surface area (Å²) in [6.07, 6.45) is 0. The molecule has 3 rings (SSSR count). The van der Waals surface area contributed by atoms with Crippen LogP contribution in [0.25, 0.3) is 0 Å². The third kappa shape index (κ3) is 9.37. The van der Waals surface area contributed by atoms with E-state index in [0.29, 0.717) is 20.1 Å². The number of rotatable bonds is 0. The molecular formula is C20H16Cl6. The highest BCUT2D eigenvalue weighted by atomic mass is 35.5. The number of benzene rings is 3. The molecule has 138 valence electrons. The van der Waals surface area contributed by atoms with Gasteiger partial charge in [-0.2, -0.15) is 0 Å². The molecule has 0 aliphatic heterocycles. The largest absolute Gasteiger partial charge is 0.0843 e. The molecule has 0 fully saturated rings. The third-order valence-corrected chi connectivity index (χ3v) is 4.85. The molecule has 3 aromatic carbocycles. The second kappa shape index (κ2) is 12.0. The van der Waals surface area contributed by atoms with E-state index in [1.165, 1.54) is 5.56 Å². The maximum atomic E-state index is 5.73. The molecule has 26 heavy (non-hydrogen) atoms. The van der Waals surface area contributed by atoms with Gasteiger partial charge >= 0.3 is 0 Å². The summed E-state index contributed by atoms with van der Waals surface area (Å²) >= 11 is 33.8. The van der Waals surface area contributed by atoms with Crippen LogP contribution in [0.5, 0.6) is 0 Å². The molecule has 0 N–H and O–H groups in total. The zero-order valence-corrected chi connectivity index (χ0v) is 18.6. The van der Waals surface area contributed by atoms with Crippen molar-refractivity contribution in [1.82, 2.24) is 0 Å². The molecule has 6 heteroatoms. The first-order valence-corrected chi connectivity index (χ1v) is 9.70. The van der Waals surface area contributed by atoms with Crippen molar-refractivity contribution in [3.63, 3.8) is 0 Å². The average Bonchev–Trinajstić information content (AvgIpc) is 2.56. The van der Waals surface area contributed by atoms with Gasteiger partial charge < -0.3 is 0 Å². The molecule has 0 aliphatic rings. The van der Waals surface area contributed by atoms with E-state index in [-0.39, 0.29) is 0 Å². The van der Waals surface area contributed by atoms with Crippen molar-refractivity contribution < 1.29 is 0 Å². The van der Waals surface area contributed by atoms with Crippen molar-refractivity contribution in [2.75, 3.05) is 0 Å². The molecule has 0 saturated heterocycles. The Bertz CT molecular complexity index is 779. The summed E-state index contributed by atoms with van der Waals surface area (Å²) in [7, 11) is 0. The summed E-state index contributed by atoms with van der Waals surface area (Å²) in [6, 6.07) is 18.2. The zero-order valence-electron chi connectivity index (χ0n) is 14.0. The van der Waals surface area contributed by atoms with E-state index >= 15 is 0 Å². The quantitative estimate of drug-likeness (QED) is 0.288. The van der Waals surface area contributed by atoms with E-state index in [4.69, 9.17) is 69.6 Å². The van der Waals surface area contributed by atoms with Crippen molar-refractivity contribution in [3.8, 4) is 0 Å². The smallest absolute Gasteiger partial charge is 0.0607 e. The Labute approximate surface area is 184 Å². The van der Waals surface area contributed by atoms with E-state index in [0.717, 1.165) is 15.6 Å². The van der Waals surface area contributed by atoms with Crippen molar-refractivity contribution in [1.29, 1.82) is 0 Å². The molecular weight excluding hydrogens is 453 g/mol. The van der Waals surface area contributed by atoms with Gasteiger partial charge in [-0.1, -0.05) is 87.8 Å². The van der Waals surface area contributed by atoms with Crippen LogP contribution in [-0.2, 0) is 0 Å². The van der Waals surface area contributed by atoms with Crippen LogP contribution >= 0.6 is 69.6 Å². The van der Waals surface area contributed by atoms with Gasteiger partial charge in [0, 0.05) is 20.1 Å². The second-order valence-corrected chi connectivity index (χ2v) is 7.78. The van der Waals surface area contributed by atoms with Gasteiger partial charge in [-0.15, -0.1) is 0 Å². The lowest BCUT2D eigenvalue weighted by Crippen LogP contribution is -1.71. The summed E-state index contributed by atoms with van der Waals surface area (Å²) in [5.41, 5.74) is 2.26. The normalized spacial score (nSPS) is 9.54. The minimum Gasteiger partial charge on any atom is -0.0843 e. The first-order valence-electron chi connectivity index (χ1n) is 7.43. The van der Waals surface area contributed by atoms with Gasteiger partial charge in [0.1, 0.15) is 0 Å². The van der Waals surface area contributed by atoms with Crippen LogP contribution in [0.15, 0.2) is 60.7 Å². The van der Waals surface area contributed by atoms with E-state index in [1.54, 1.807) is 24.3 Å². The molecule has 0 radical (unpaired) electrons. The lowest BCUT2D eigenvalue weighted by atomic mass is 10.2. The molecule has 0 aromatic heterocycles. The zero-order chi connectivity index (χ0) is 19.7. The molecule has 0 aliphatic carbocycles. The fourth-order valence-corrected chi connectivity index (χ4v) is 2.82. The molecule has 0 bridgehead atoms. The van der Waals surface area contributed by atoms with Crippen LogP contribution in [0.4, 0.5) is 0 Å². The Morgan fingerprint density at radius 2 is 1.04 bits per heavy atom. The minimum absolute atomic E-state index is 0.490. The molecule has 0 atom stereocenters. The fraction of sp³-hybridized carbons (Fsp3) is 0.100. The van der Waals surface area contributed by atoms with E-state index in [9.17, 15) is 0 Å². The van der Waals surface area contributed by atoms with Gasteiger partial charge in [0.2, 0.25) is 0 Å². The van der Waals surface area contributed by atoms with E-state index in [1.807, 2.05) is 50.2 Å². The van der Waals surface area contributed by atoms with Gasteiger partial charge in [0.25, 0.3) is 0 Å². The van der Waals surface area contributed by atoms with Crippen molar-refractivity contribution in [2.45, 2.75) is 13.8 Å². The predicted octanol–water partition coefficient (Wildman–Crippen LogP) is 9.60. The first kappa shape index (κ1) is 23.4. The minimum atomic E-state index is 0.490. The van der Waals surface area contributed by atoms with Crippen LogP contribution in [0, 0.1) is 13.8 Å². The summed E-state index contributed by atoms with van der Waals surface area (Å²) in [6.45, 7) is 3.96. The van der Waals surface area contributed by atoms with Crippen LogP contribution in [-0.4, -0.2) is 0 Å². The molecule has 0 spiro atoms. The maximum absolute atomic E-state index is 5.73. The van der Waals surface area contributed by atoms with E-state index in [2.05, 4.69) is 0 Å². The van der Waals surface area contributed by atoms with Gasteiger partial charge in [-0.05, 0) is 67.4 Å². The Morgan fingerprint density at radius 3 is 1.42 bits per heavy atom. The first-order chi connectivity index (χ1) is 12.2. The van der Waals surface area contributed by atoms with Gasteiger partial charge in [0.05, 0.1) is 10.0 Å². The fourth-order valence-electron chi connectivity index (χ4n) is 1.64. The monoisotopic (exact) mass is 466 g/mol. The van der Waals surface area contributed by atoms with Crippen molar-refractivity contribution in [3.05, 3.63) is 102 Å². The summed E-state index contributed by atoms with van der Waals surface area (Å²) in [4.78, 5) is 0. The summed E-state index contributed by atoms with van der Waals surface area (Å²) in [5, 5.41) is 3.84. The Kier molecular flexibility index (Phi) is 10.8. The van der Waals surface area contributed by atoms with Gasteiger partial charge in [-0.25, -0.2) is 0 Å². The number of hydrogen-bond acceptors (Lipinski definition) is 0. The van der Waals surface area contributed by atoms with Crippen molar-refractivity contribution >= 4 is 69.6 Å². The highest BCUT2D eigenvalue weighted by Crippen LogP contribution is 2.24. The summed E-state index contributed by atoms with van der Waals surface area (Å²) < 4.78 is 0. The highest BCUT2D eigenvalue weighted by molar-refractivity contribution is 6.43. The van der Waals surface area contributed by atoms with Crippen LogP contribution < -0.4 is 0 Å². The number of halogens is 6. The van der Waals surface area contributed by atoms with Crippen LogP contribution in [0.2, 0.25) is 30.1 Å². The molecule has 0 unspecified atom stereocenters. The standard InChI is InChI=1S/C7H6Cl2.C7H7Cl.C6H3Cl3/c1-5-2-3-6(8)4-7(5)9;1-6-3-2-4-7(8)5-6;7-4-1-2-5(8)6(9)3-4/h2-4H,1H3;2-5H,1H3;1-3H. The lowest BCUT2D eigenvalue weighted by Gasteiger charge is -1.94. The van der Waals surface area contributed by atoms with Crippen molar-refractivity contribution in [2.24, 2.45) is 0 Å². The SMILES string of the molecule is Cc1ccc(Cl)cc1Cl.Cc1cccc(Cl)c1.Clc1ccc(Cl)c(Cl)c1. The average molecular weight is 469 g/mol. The molecule has 0 amide bonds. The Balaban J connectivity index is 0.000000195. The number of aryl methyl sites for hydroxylation is 2. The predicted molar refractivity (Wildman–Crippen MR) is 119 cm³/mol. The van der Waals surface area contributed by atoms with Gasteiger partial charge in [-0.3, -0.25) is 0 Å². The lowest BCUT2D eigenvalue weighted by molar-refractivity contribution is 1.47. The Hall–Kier alpha value is -0.600. The Morgan fingerprint density at radius 1 is 0.500 bits per heavy atom. The topological polar surface area (TPSA) is 0 Å². The maximum Gasteiger partial charge on any atom is 0.0607 e. The van der Waals surface area contributed by atoms with Crippen LogP contribution in [0.1, 0.15) is 11.1 Å². The van der Waals surface area contributed by atoms with E-state index < -0.39 is 0 Å².